The maximum absolute atomic E-state index is 13.0. The number of benzene rings is 1. The highest BCUT2D eigenvalue weighted by molar-refractivity contribution is 5.70. The summed E-state index contributed by atoms with van der Waals surface area (Å²) in [5, 5.41) is 0. The first-order chi connectivity index (χ1) is 15.0. The van der Waals surface area contributed by atoms with E-state index in [2.05, 4.69) is 64.5 Å². The minimum Gasteiger partial charge on any atom is -0.365 e. The van der Waals surface area contributed by atoms with Gasteiger partial charge in [-0.25, -0.2) is 0 Å². The first kappa shape index (κ1) is 21.4. The van der Waals surface area contributed by atoms with Crippen molar-refractivity contribution in [1.29, 1.82) is 0 Å². The Hall–Kier alpha value is -2.84. The summed E-state index contributed by atoms with van der Waals surface area (Å²) < 4.78 is 2.22. The van der Waals surface area contributed by atoms with Crippen LogP contribution in [0.25, 0.3) is 11.8 Å². The van der Waals surface area contributed by atoms with Crippen LogP contribution in [0.2, 0.25) is 0 Å². The molecule has 4 rings (SSSR count). The van der Waals surface area contributed by atoms with Gasteiger partial charge in [-0.2, -0.15) is 4.98 Å². The van der Waals surface area contributed by atoms with Crippen molar-refractivity contribution in [3.8, 4) is 0 Å². The molecular formula is C27H35N3O. The maximum atomic E-state index is 13.0. The average molecular weight is 418 g/mol. The fraction of sp³-hybridized carbons (Fsp3) is 0.444. The Bertz CT molecular complexity index is 1100. The van der Waals surface area contributed by atoms with Crippen molar-refractivity contribution < 1.29 is 1.43 Å². The lowest BCUT2D eigenvalue weighted by atomic mass is 9.75. The van der Waals surface area contributed by atoms with Crippen molar-refractivity contribution in [2.24, 2.45) is 0 Å². The molecule has 4 heteroatoms. The van der Waals surface area contributed by atoms with E-state index in [1.807, 2.05) is 7.05 Å². The van der Waals surface area contributed by atoms with Crippen molar-refractivity contribution in [3.63, 3.8) is 0 Å². The van der Waals surface area contributed by atoms with Crippen LogP contribution >= 0.6 is 0 Å². The van der Waals surface area contributed by atoms with Crippen LogP contribution in [-0.2, 0) is 24.8 Å². The Morgan fingerprint density at radius 1 is 1.29 bits per heavy atom. The first-order valence-electron chi connectivity index (χ1n) is 11.5. The molecule has 0 spiro atoms. The van der Waals surface area contributed by atoms with Crippen molar-refractivity contribution in [1.82, 2.24) is 14.5 Å². The summed E-state index contributed by atoms with van der Waals surface area (Å²) in [5.41, 5.74) is 7.96. The van der Waals surface area contributed by atoms with Crippen LogP contribution in [0.4, 0.5) is 0 Å². The van der Waals surface area contributed by atoms with E-state index >= 15 is 0 Å². The normalized spacial score (nSPS) is 17.4. The van der Waals surface area contributed by atoms with Gasteiger partial charge in [-0.05, 0) is 30.4 Å². The third-order valence-corrected chi connectivity index (χ3v) is 7.07. The van der Waals surface area contributed by atoms with Gasteiger partial charge in [0, 0.05) is 33.4 Å². The van der Waals surface area contributed by atoms with Crippen LogP contribution < -0.4 is 5.56 Å². The molecule has 0 atom stereocenters. The topological polar surface area (TPSA) is 38.1 Å². The van der Waals surface area contributed by atoms with Crippen molar-refractivity contribution in [3.05, 3.63) is 81.7 Å². The molecule has 1 aliphatic heterocycles. The molecule has 0 radical (unpaired) electrons. The summed E-state index contributed by atoms with van der Waals surface area (Å²) in [6.07, 6.45) is 9.39. The number of aryl methyl sites for hydroxylation is 1. The Labute approximate surface area is 187 Å². The Morgan fingerprint density at radius 3 is 2.74 bits per heavy atom. The molecule has 1 saturated carbocycles. The lowest BCUT2D eigenvalue weighted by molar-refractivity contribution is 0.372. The minimum atomic E-state index is -0.202. The molecular weight excluding hydrogens is 382 g/mol. The van der Waals surface area contributed by atoms with Crippen molar-refractivity contribution >= 4 is 11.8 Å². The van der Waals surface area contributed by atoms with Crippen LogP contribution in [0.15, 0.2) is 47.9 Å². The van der Waals surface area contributed by atoms with E-state index in [1.54, 1.807) is 6.08 Å². The van der Waals surface area contributed by atoms with E-state index in [0.717, 1.165) is 62.4 Å². The summed E-state index contributed by atoms with van der Waals surface area (Å²) in [6, 6.07) is 9.10. The number of hydrogen-bond acceptors (Lipinski definition) is 3. The van der Waals surface area contributed by atoms with Gasteiger partial charge in [0.25, 0.3) is 5.56 Å². The Kier molecular flexibility index (Phi) is 6.02. The smallest absolute Gasteiger partial charge is 0.280 e. The van der Waals surface area contributed by atoms with E-state index in [4.69, 9.17) is 0 Å². The van der Waals surface area contributed by atoms with Gasteiger partial charge >= 0.3 is 0 Å². The van der Waals surface area contributed by atoms with E-state index in [9.17, 15) is 4.79 Å². The van der Waals surface area contributed by atoms with Crippen LogP contribution in [0, 0.1) is 0 Å². The number of likely N-dealkylation sites (N-methyl/N-ethyl adjacent to an activating group) is 1. The molecule has 0 saturated heterocycles. The molecule has 31 heavy (non-hydrogen) atoms. The average Bonchev–Trinajstić information content (AvgIpc) is 3.24. The lowest BCUT2D eigenvalue weighted by Crippen LogP contribution is -2.38. The summed E-state index contributed by atoms with van der Waals surface area (Å²) in [5.74, 6) is 0.884. The van der Waals surface area contributed by atoms with Gasteiger partial charge in [0.15, 0.2) is 0 Å². The highest BCUT2D eigenvalue weighted by Crippen LogP contribution is 2.44. The second-order valence-corrected chi connectivity index (χ2v) is 9.01. The first-order valence-corrected chi connectivity index (χ1v) is 11.5. The molecule has 0 N–H and O–H groups in total. The number of hydrogen-bond donors (Lipinski definition) is 0. The highest BCUT2D eigenvalue weighted by atomic mass is 16.1. The molecule has 1 fully saturated rings. The van der Waals surface area contributed by atoms with Gasteiger partial charge in [0.1, 0.15) is 11.5 Å². The number of rotatable bonds is 6. The summed E-state index contributed by atoms with van der Waals surface area (Å²) in [7, 11) is 2.02. The van der Waals surface area contributed by atoms with Gasteiger partial charge in [0.2, 0.25) is 0 Å². The van der Waals surface area contributed by atoms with E-state index < -0.39 is 0 Å². The fourth-order valence-electron chi connectivity index (χ4n) is 5.46. The maximum Gasteiger partial charge on any atom is 0.280 e. The zero-order valence-corrected chi connectivity index (χ0v) is 18.9. The molecule has 1 aromatic heterocycles. The Morgan fingerprint density at radius 2 is 2.06 bits per heavy atom. The SMILES string of the molecule is C=C=C1c2c(C=C)c(=O)nc(CC3(c4cccc(CCC)c4)CCCC3)n2CCN1C.[HH]. The molecule has 2 heterocycles. The van der Waals surface area contributed by atoms with E-state index in [1.165, 1.54) is 24.0 Å². The van der Waals surface area contributed by atoms with Crippen LogP contribution in [0.1, 0.15) is 68.7 Å². The standard InChI is InChI=1S/C27H33N3O.H2/c1-5-11-20-12-10-13-21(18-20)27(14-8-9-15-27)19-24-28-26(31)22(6-2)25-23(7-3)29(4)16-17-30(24)25;/h6,10,12-13,18H,2-3,5,8-9,11,14-17,19H2,1,4H3;1H. The van der Waals surface area contributed by atoms with Crippen molar-refractivity contribution in [2.75, 3.05) is 13.6 Å². The zero-order valence-electron chi connectivity index (χ0n) is 18.9. The molecule has 1 aliphatic carbocycles. The van der Waals surface area contributed by atoms with Gasteiger partial charge in [-0.1, -0.05) is 69.7 Å². The minimum absolute atomic E-state index is 0. The fourth-order valence-corrected chi connectivity index (χ4v) is 5.46. The third kappa shape index (κ3) is 3.81. The number of aromatic nitrogens is 2. The van der Waals surface area contributed by atoms with Crippen LogP contribution in [0.5, 0.6) is 0 Å². The molecule has 0 amide bonds. The molecule has 2 aromatic rings. The molecule has 1 aromatic carbocycles. The van der Waals surface area contributed by atoms with Gasteiger partial charge < -0.3 is 9.47 Å². The van der Waals surface area contributed by atoms with E-state index in [0.29, 0.717) is 5.56 Å². The van der Waals surface area contributed by atoms with Gasteiger partial charge in [-0.3, -0.25) is 4.79 Å². The second-order valence-electron chi connectivity index (χ2n) is 9.01. The molecule has 4 nitrogen and oxygen atoms in total. The van der Waals surface area contributed by atoms with Crippen LogP contribution in [-0.4, -0.2) is 28.0 Å². The predicted octanol–water partition coefficient (Wildman–Crippen LogP) is 5.21. The largest absolute Gasteiger partial charge is 0.365 e. The van der Waals surface area contributed by atoms with Gasteiger partial charge in [-0.15, -0.1) is 5.73 Å². The van der Waals surface area contributed by atoms with Crippen LogP contribution in [0.3, 0.4) is 0 Å². The molecule has 0 unspecified atom stereocenters. The van der Waals surface area contributed by atoms with Gasteiger partial charge in [0.05, 0.1) is 11.3 Å². The number of fused-ring (bicyclic) bond motifs is 1. The monoisotopic (exact) mass is 417 g/mol. The quantitative estimate of drug-likeness (QED) is 0.606. The summed E-state index contributed by atoms with van der Waals surface area (Å²) >= 11 is 0. The molecule has 0 bridgehead atoms. The summed E-state index contributed by atoms with van der Waals surface area (Å²) in [4.78, 5) is 19.7. The summed E-state index contributed by atoms with van der Waals surface area (Å²) in [6.45, 7) is 11.6. The number of nitrogens with zero attached hydrogens (tertiary/aromatic N) is 3. The zero-order chi connectivity index (χ0) is 22.0. The predicted molar refractivity (Wildman–Crippen MR) is 130 cm³/mol. The lowest BCUT2D eigenvalue weighted by Gasteiger charge is -2.35. The molecule has 164 valence electrons. The second kappa shape index (κ2) is 8.72. The highest BCUT2D eigenvalue weighted by Gasteiger charge is 2.38. The van der Waals surface area contributed by atoms with Crippen molar-refractivity contribution in [2.45, 2.75) is 63.8 Å². The Balaban J connectivity index is 0.00000289. The third-order valence-electron chi connectivity index (χ3n) is 7.07. The molecule has 2 aliphatic rings. The van der Waals surface area contributed by atoms with E-state index in [-0.39, 0.29) is 12.4 Å².